The van der Waals surface area contributed by atoms with Crippen LogP contribution in [0.1, 0.15) is 46.0 Å². The Hall–Kier alpha value is -0.0300. The van der Waals surface area contributed by atoms with E-state index in [-0.39, 0.29) is 30.7 Å². The summed E-state index contributed by atoms with van der Waals surface area (Å²) in [5.41, 5.74) is 5.74. The van der Waals surface area contributed by atoms with E-state index in [0.29, 0.717) is 5.92 Å². The zero-order valence-corrected chi connectivity index (χ0v) is 15.0. The van der Waals surface area contributed by atoms with Gasteiger partial charge in [-0.25, -0.2) is 0 Å². The van der Waals surface area contributed by atoms with Crippen LogP contribution in [0.3, 0.4) is 0 Å². The van der Waals surface area contributed by atoms with E-state index in [1.807, 2.05) is 4.90 Å². The zero-order valence-electron chi connectivity index (χ0n) is 13.3. The van der Waals surface area contributed by atoms with E-state index in [1.165, 1.54) is 0 Å². The van der Waals surface area contributed by atoms with Crippen LogP contribution in [0.15, 0.2) is 0 Å². The van der Waals surface area contributed by atoms with E-state index in [9.17, 15) is 4.79 Å². The molecule has 0 radical (unpaired) electrons. The molecule has 0 aromatic heterocycles. The summed E-state index contributed by atoms with van der Waals surface area (Å²) in [5, 5.41) is 0. The third-order valence-electron chi connectivity index (χ3n) is 4.91. The number of amides is 1. The molecule has 0 aromatic rings. The summed E-state index contributed by atoms with van der Waals surface area (Å²) in [6, 6.07) is 0. The molecule has 1 heterocycles. The standard InChI is InChI=1S/C15H29N3O.2ClH/c1-3-17(4-2)11-13-7-10-18(12-13)14(19)15(16)8-5-6-9-15;;/h13H,3-12,16H2,1-2H3;2*1H. The van der Waals surface area contributed by atoms with Gasteiger partial charge < -0.3 is 15.5 Å². The van der Waals surface area contributed by atoms with Crippen molar-refractivity contribution in [2.45, 2.75) is 51.5 Å². The molecular formula is C15H31Cl2N3O. The molecule has 2 rings (SSSR count). The van der Waals surface area contributed by atoms with Gasteiger partial charge in [-0.1, -0.05) is 26.7 Å². The first kappa shape index (κ1) is 21.0. The van der Waals surface area contributed by atoms with Crippen LogP contribution in [-0.4, -0.2) is 54.0 Å². The molecule has 126 valence electrons. The number of nitrogens with zero attached hydrogens (tertiary/aromatic N) is 2. The molecule has 1 aliphatic carbocycles. The van der Waals surface area contributed by atoms with E-state index >= 15 is 0 Å². The quantitative estimate of drug-likeness (QED) is 0.835. The molecule has 1 unspecified atom stereocenters. The molecule has 0 bridgehead atoms. The minimum absolute atomic E-state index is 0. The lowest BCUT2D eigenvalue weighted by Gasteiger charge is -2.29. The summed E-state index contributed by atoms with van der Waals surface area (Å²) in [5.74, 6) is 0.848. The molecule has 1 aliphatic heterocycles. The number of carbonyl (C=O) groups excluding carboxylic acids is 1. The molecular weight excluding hydrogens is 309 g/mol. The molecule has 1 atom stereocenters. The Balaban J connectivity index is 0.00000200. The third-order valence-corrected chi connectivity index (χ3v) is 4.91. The highest BCUT2D eigenvalue weighted by Gasteiger charge is 2.41. The molecule has 1 saturated carbocycles. The number of carbonyl (C=O) groups is 1. The average Bonchev–Trinajstić information content (AvgIpc) is 3.05. The van der Waals surface area contributed by atoms with Crippen molar-refractivity contribution in [2.75, 3.05) is 32.7 Å². The van der Waals surface area contributed by atoms with Crippen molar-refractivity contribution in [3.63, 3.8) is 0 Å². The van der Waals surface area contributed by atoms with Crippen LogP contribution < -0.4 is 5.73 Å². The maximum absolute atomic E-state index is 12.5. The Morgan fingerprint density at radius 3 is 2.33 bits per heavy atom. The van der Waals surface area contributed by atoms with Gasteiger partial charge in [0.2, 0.25) is 5.91 Å². The van der Waals surface area contributed by atoms with E-state index in [4.69, 9.17) is 5.73 Å². The first-order chi connectivity index (χ1) is 9.09. The Morgan fingerprint density at radius 2 is 1.81 bits per heavy atom. The largest absolute Gasteiger partial charge is 0.341 e. The molecule has 1 amide bonds. The van der Waals surface area contributed by atoms with Crippen LogP contribution in [0.25, 0.3) is 0 Å². The molecule has 1 saturated heterocycles. The van der Waals surface area contributed by atoms with Gasteiger partial charge in [0.1, 0.15) is 0 Å². The van der Waals surface area contributed by atoms with Gasteiger partial charge in [-0.05, 0) is 38.3 Å². The normalized spacial score (nSPS) is 23.8. The Bertz CT molecular complexity index is 318. The van der Waals surface area contributed by atoms with Crippen LogP contribution in [0.5, 0.6) is 0 Å². The van der Waals surface area contributed by atoms with Crippen molar-refractivity contribution in [1.29, 1.82) is 0 Å². The van der Waals surface area contributed by atoms with Gasteiger partial charge in [0, 0.05) is 19.6 Å². The zero-order chi connectivity index (χ0) is 13.9. The Labute approximate surface area is 141 Å². The number of rotatable bonds is 5. The van der Waals surface area contributed by atoms with Crippen LogP contribution >= 0.6 is 24.8 Å². The van der Waals surface area contributed by atoms with Crippen molar-refractivity contribution in [3.05, 3.63) is 0 Å². The van der Waals surface area contributed by atoms with Gasteiger partial charge >= 0.3 is 0 Å². The maximum atomic E-state index is 12.5. The van der Waals surface area contributed by atoms with Crippen molar-refractivity contribution < 1.29 is 4.79 Å². The predicted octanol–water partition coefficient (Wildman–Crippen LogP) is 2.29. The third kappa shape index (κ3) is 4.98. The van der Waals surface area contributed by atoms with Gasteiger partial charge in [-0.2, -0.15) is 0 Å². The summed E-state index contributed by atoms with van der Waals surface area (Å²) >= 11 is 0. The van der Waals surface area contributed by atoms with Gasteiger partial charge in [0.15, 0.2) is 0 Å². The van der Waals surface area contributed by atoms with Crippen LogP contribution in [0, 0.1) is 5.92 Å². The highest BCUT2D eigenvalue weighted by atomic mass is 35.5. The first-order valence-corrected chi connectivity index (χ1v) is 7.89. The minimum Gasteiger partial charge on any atom is -0.341 e. The summed E-state index contributed by atoms with van der Waals surface area (Å²) < 4.78 is 0. The SMILES string of the molecule is CCN(CC)CC1CCN(C(=O)C2(N)CCCC2)C1.Cl.Cl. The van der Waals surface area contributed by atoms with Crippen LogP contribution in [0.2, 0.25) is 0 Å². The molecule has 2 aliphatic rings. The Morgan fingerprint density at radius 1 is 1.24 bits per heavy atom. The topological polar surface area (TPSA) is 49.6 Å². The number of nitrogens with two attached hydrogens (primary N) is 1. The van der Waals surface area contributed by atoms with Gasteiger partial charge in [-0.15, -0.1) is 24.8 Å². The molecule has 2 N–H and O–H groups in total. The lowest BCUT2D eigenvalue weighted by Crippen LogP contribution is -2.53. The van der Waals surface area contributed by atoms with Crippen molar-refractivity contribution in [2.24, 2.45) is 11.7 Å². The number of halogens is 2. The fraction of sp³-hybridized carbons (Fsp3) is 0.933. The second-order valence-corrected chi connectivity index (χ2v) is 6.25. The summed E-state index contributed by atoms with van der Waals surface area (Å²) in [4.78, 5) is 17.0. The minimum atomic E-state index is -0.538. The van der Waals surface area contributed by atoms with Crippen LogP contribution in [0.4, 0.5) is 0 Å². The molecule has 0 spiro atoms. The second kappa shape index (κ2) is 9.19. The predicted molar refractivity (Wildman–Crippen MR) is 92.4 cm³/mol. The smallest absolute Gasteiger partial charge is 0.242 e. The highest BCUT2D eigenvalue weighted by molar-refractivity contribution is 5.86. The number of hydrogen-bond acceptors (Lipinski definition) is 3. The summed E-state index contributed by atoms with van der Waals surface area (Å²) in [6.45, 7) is 9.54. The van der Waals surface area contributed by atoms with Gasteiger partial charge in [0.25, 0.3) is 0 Å². The van der Waals surface area contributed by atoms with Crippen molar-refractivity contribution in [1.82, 2.24) is 9.80 Å². The number of hydrogen-bond donors (Lipinski definition) is 1. The van der Waals surface area contributed by atoms with E-state index < -0.39 is 5.54 Å². The second-order valence-electron chi connectivity index (χ2n) is 6.25. The highest BCUT2D eigenvalue weighted by Crippen LogP contribution is 2.31. The monoisotopic (exact) mass is 339 g/mol. The van der Waals surface area contributed by atoms with E-state index in [1.54, 1.807) is 0 Å². The number of likely N-dealkylation sites (tertiary alicyclic amines) is 1. The van der Waals surface area contributed by atoms with Crippen molar-refractivity contribution >= 4 is 30.7 Å². The maximum Gasteiger partial charge on any atom is 0.242 e. The van der Waals surface area contributed by atoms with Gasteiger partial charge in [-0.3, -0.25) is 4.79 Å². The first-order valence-electron chi connectivity index (χ1n) is 7.89. The molecule has 6 heteroatoms. The summed E-state index contributed by atoms with van der Waals surface area (Å²) in [6.07, 6.45) is 5.11. The van der Waals surface area contributed by atoms with Crippen molar-refractivity contribution in [3.8, 4) is 0 Å². The summed E-state index contributed by atoms with van der Waals surface area (Å²) in [7, 11) is 0. The molecule has 0 aromatic carbocycles. The molecule has 21 heavy (non-hydrogen) atoms. The lowest BCUT2D eigenvalue weighted by molar-refractivity contribution is -0.135. The molecule has 2 fully saturated rings. The van der Waals surface area contributed by atoms with E-state index in [2.05, 4.69) is 18.7 Å². The fourth-order valence-electron chi connectivity index (χ4n) is 3.55. The Kier molecular flexibility index (Phi) is 9.17. The van der Waals surface area contributed by atoms with E-state index in [0.717, 1.165) is 64.8 Å². The fourth-order valence-corrected chi connectivity index (χ4v) is 3.55. The molecule has 4 nitrogen and oxygen atoms in total. The van der Waals surface area contributed by atoms with Gasteiger partial charge in [0.05, 0.1) is 5.54 Å². The van der Waals surface area contributed by atoms with Crippen LogP contribution in [-0.2, 0) is 4.79 Å². The average molecular weight is 340 g/mol. The lowest BCUT2D eigenvalue weighted by atomic mass is 9.97.